The van der Waals surface area contributed by atoms with Crippen molar-refractivity contribution in [2.75, 3.05) is 5.32 Å². The number of aromatic nitrogens is 2. The van der Waals surface area contributed by atoms with Crippen LogP contribution in [0.5, 0.6) is 0 Å². The van der Waals surface area contributed by atoms with Crippen LogP contribution in [0, 0.1) is 12.8 Å². The summed E-state index contributed by atoms with van der Waals surface area (Å²) in [6, 6.07) is 8.63. The van der Waals surface area contributed by atoms with Gasteiger partial charge in [0.05, 0.1) is 17.4 Å². The summed E-state index contributed by atoms with van der Waals surface area (Å²) in [7, 11) is 1.78. The Morgan fingerprint density at radius 2 is 1.82 bits per heavy atom. The van der Waals surface area contributed by atoms with E-state index in [4.69, 9.17) is 5.73 Å². The third kappa shape index (κ3) is 2.82. The Morgan fingerprint density at radius 1 is 1.23 bits per heavy atom. The molecule has 1 atom stereocenters. The van der Waals surface area contributed by atoms with Gasteiger partial charge in [0.25, 0.3) is 5.56 Å². The molecule has 22 heavy (non-hydrogen) atoms. The van der Waals surface area contributed by atoms with Gasteiger partial charge in [0.15, 0.2) is 0 Å². The molecule has 1 aromatic heterocycles. The van der Waals surface area contributed by atoms with Gasteiger partial charge in [-0.1, -0.05) is 32.0 Å². The van der Waals surface area contributed by atoms with E-state index in [-0.39, 0.29) is 23.1 Å². The highest BCUT2D eigenvalue weighted by Gasteiger charge is 2.22. The number of hydrogen-bond acceptors (Lipinski definition) is 3. The highest BCUT2D eigenvalue weighted by atomic mass is 16.2. The molecule has 1 heterocycles. The molecule has 118 valence electrons. The second-order valence-electron chi connectivity index (χ2n) is 5.70. The summed E-state index contributed by atoms with van der Waals surface area (Å²) >= 11 is 0. The van der Waals surface area contributed by atoms with Crippen LogP contribution in [0.15, 0.2) is 35.1 Å². The minimum atomic E-state index is -0.649. The molecule has 3 N–H and O–H groups in total. The van der Waals surface area contributed by atoms with Crippen LogP contribution in [0.25, 0.3) is 5.69 Å². The molecule has 6 nitrogen and oxygen atoms in total. The first kappa shape index (κ1) is 16.0. The lowest BCUT2D eigenvalue weighted by Crippen LogP contribution is -2.40. The van der Waals surface area contributed by atoms with Crippen molar-refractivity contribution in [3.63, 3.8) is 0 Å². The average molecular weight is 302 g/mol. The maximum absolute atomic E-state index is 12.6. The highest BCUT2D eigenvalue weighted by molar-refractivity contribution is 5.95. The third-order valence-electron chi connectivity index (χ3n) is 3.82. The van der Waals surface area contributed by atoms with E-state index in [0.29, 0.717) is 5.69 Å². The Kier molecular flexibility index (Phi) is 4.51. The molecule has 2 aromatic rings. The second-order valence-corrected chi connectivity index (χ2v) is 5.70. The van der Waals surface area contributed by atoms with E-state index in [1.54, 1.807) is 18.7 Å². The van der Waals surface area contributed by atoms with E-state index in [0.717, 1.165) is 5.69 Å². The van der Waals surface area contributed by atoms with Crippen LogP contribution in [0.4, 0.5) is 5.69 Å². The molecule has 0 fully saturated rings. The first-order valence-corrected chi connectivity index (χ1v) is 7.25. The molecule has 1 aromatic carbocycles. The zero-order valence-corrected chi connectivity index (χ0v) is 13.3. The van der Waals surface area contributed by atoms with Crippen LogP contribution in [0.1, 0.15) is 19.5 Å². The number of nitrogens with one attached hydrogen (secondary N) is 1. The molecule has 0 aliphatic carbocycles. The van der Waals surface area contributed by atoms with Crippen molar-refractivity contribution in [2.24, 2.45) is 18.7 Å². The summed E-state index contributed by atoms with van der Waals surface area (Å²) in [4.78, 5) is 24.7. The van der Waals surface area contributed by atoms with Crippen molar-refractivity contribution >= 4 is 11.6 Å². The van der Waals surface area contributed by atoms with Crippen LogP contribution in [0.2, 0.25) is 0 Å². The van der Waals surface area contributed by atoms with Crippen molar-refractivity contribution in [3.05, 3.63) is 46.4 Å². The smallest absolute Gasteiger partial charge is 0.295 e. The molecule has 6 heteroatoms. The van der Waals surface area contributed by atoms with E-state index >= 15 is 0 Å². The van der Waals surface area contributed by atoms with Gasteiger partial charge in [0.1, 0.15) is 5.69 Å². The first-order chi connectivity index (χ1) is 10.3. The molecule has 1 amide bonds. The predicted octanol–water partition coefficient (Wildman–Crippen LogP) is 1.41. The van der Waals surface area contributed by atoms with Gasteiger partial charge in [-0.25, -0.2) is 4.68 Å². The monoisotopic (exact) mass is 302 g/mol. The van der Waals surface area contributed by atoms with Gasteiger partial charge in [0.2, 0.25) is 5.91 Å². The summed E-state index contributed by atoms with van der Waals surface area (Å²) in [5.41, 5.74) is 7.26. The molecule has 0 saturated carbocycles. The molecule has 0 saturated heterocycles. The minimum Gasteiger partial charge on any atom is -0.320 e. The van der Waals surface area contributed by atoms with Gasteiger partial charge in [-0.05, 0) is 25.0 Å². The molecule has 0 bridgehead atoms. The van der Waals surface area contributed by atoms with Crippen molar-refractivity contribution in [2.45, 2.75) is 26.8 Å². The maximum Gasteiger partial charge on any atom is 0.295 e. The fourth-order valence-electron chi connectivity index (χ4n) is 2.22. The first-order valence-electron chi connectivity index (χ1n) is 7.25. The number of hydrogen-bond donors (Lipinski definition) is 2. The van der Waals surface area contributed by atoms with Crippen molar-refractivity contribution in [1.82, 2.24) is 9.36 Å². The molecule has 0 unspecified atom stereocenters. The lowest BCUT2D eigenvalue weighted by atomic mass is 10.1. The van der Waals surface area contributed by atoms with Gasteiger partial charge in [-0.15, -0.1) is 0 Å². The third-order valence-corrected chi connectivity index (χ3v) is 3.82. The maximum atomic E-state index is 12.6. The quantitative estimate of drug-likeness (QED) is 0.896. The van der Waals surface area contributed by atoms with Gasteiger partial charge in [-0.3, -0.25) is 14.3 Å². The van der Waals surface area contributed by atoms with Crippen molar-refractivity contribution in [1.29, 1.82) is 0 Å². The van der Waals surface area contributed by atoms with E-state index < -0.39 is 6.04 Å². The molecule has 0 aliphatic heterocycles. The summed E-state index contributed by atoms with van der Waals surface area (Å²) in [6.07, 6.45) is 0. The van der Waals surface area contributed by atoms with Crippen molar-refractivity contribution in [3.8, 4) is 5.69 Å². The number of nitrogens with zero attached hydrogens (tertiary/aromatic N) is 2. The van der Waals surface area contributed by atoms with Gasteiger partial charge in [-0.2, -0.15) is 0 Å². The normalized spacial score (nSPS) is 12.5. The molecular weight excluding hydrogens is 280 g/mol. The SMILES string of the molecule is Cc1c(NC(=O)[C@@H](N)C(C)C)c(=O)n(-c2ccccc2)n1C. The largest absolute Gasteiger partial charge is 0.320 e. The number of carbonyl (C=O) groups excluding carboxylic acids is 1. The molecule has 0 aliphatic rings. The zero-order chi connectivity index (χ0) is 16.4. The van der Waals surface area contributed by atoms with Gasteiger partial charge in [0, 0.05) is 7.05 Å². The summed E-state index contributed by atoms with van der Waals surface area (Å²) in [5.74, 6) is -0.346. The Balaban J connectivity index is 2.44. The van der Waals surface area contributed by atoms with Crippen molar-refractivity contribution < 1.29 is 4.79 Å². The van der Waals surface area contributed by atoms with Gasteiger partial charge < -0.3 is 11.1 Å². The molecule has 2 rings (SSSR count). The number of nitrogens with two attached hydrogens (primary N) is 1. The van der Waals surface area contributed by atoms with Crippen LogP contribution in [0.3, 0.4) is 0 Å². The lowest BCUT2D eigenvalue weighted by molar-refractivity contribution is -0.118. The molecule has 0 spiro atoms. The fourth-order valence-corrected chi connectivity index (χ4v) is 2.22. The summed E-state index contributed by atoms with van der Waals surface area (Å²) in [6.45, 7) is 5.52. The number of amides is 1. The Bertz CT molecular complexity index is 729. The minimum absolute atomic E-state index is 0.000340. The Hall–Kier alpha value is -2.34. The molecule has 0 radical (unpaired) electrons. The van der Waals surface area contributed by atoms with Crippen LogP contribution < -0.4 is 16.6 Å². The molecular formula is C16H22N4O2. The number of rotatable bonds is 4. The van der Waals surface area contributed by atoms with E-state index in [2.05, 4.69) is 5.32 Å². The van der Waals surface area contributed by atoms with Crippen LogP contribution >= 0.6 is 0 Å². The fraction of sp³-hybridized carbons (Fsp3) is 0.375. The summed E-state index contributed by atoms with van der Waals surface area (Å²) in [5, 5.41) is 2.67. The second kappa shape index (κ2) is 6.19. The summed E-state index contributed by atoms with van der Waals surface area (Å²) < 4.78 is 3.24. The van der Waals surface area contributed by atoms with E-state index in [1.165, 1.54) is 4.68 Å². The number of anilines is 1. The van der Waals surface area contributed by atoms with E-state index in [1.807, 2.05) is 44.2 Å². The number of para-hydroxylation sites is 1. The van der Waals surface area contributed by atoms with Gasteiger partial charge >= 0.3 is 0 Å². The number of carbonyl (C=O) groups is 1. The van der Waals surface area contributed by atoms with Crippen LogP contribution in [-0.4, -0.2) is 21.3 Å². The highest BCUT2D eigenvalue weighted by Crippen LogP contribution is 2.14. The predicted molar refractivity (Wildman–Crippen MR) is 87.2 cm³/mol. The zero-order valence-electron chi connectivity index (χ0n) is 13.3. The van der Waals surface area contributed by atoms with E-state index in [9.17, 15) is 9.59 Å². The standard InChI is InChI=1S/C16H22N4O2/c1-10(2)13(17)15(21)18-14-11(3)19(4)20(16(14)22)12-8-6-5-7-9-12/h5-10,13H,17H2,1-4H3,(H,18,21)/t13-/m0/s1. The topological polar surface area (TPSA) is 82.1 Å². The van der Waals surface area contributed by atoms with Crippen LogP contribution in [-0.2, 0) is 11.8 Å². The Morgan fingerprint density at radius 3 is 2.36 bits per heavy atom. The Labute approximate surface area is 129 Å². The lowest BCUT2D eigenvalue weighted by Gasteiger charge is -2.14. The average Bonchev–Trinajstić information content (AvgIpc) is 2.71. The number of benzene rings is 1.